The Labute approximate surface area is 154 Å². The number of aromatic nitrogens is 1. The van der Waals surface area contributed by atoms with E-state index >= 15 is 0 Å². The van der Waals surface area contributed by atoms with Crippen LogP contribution in [0.25, 0.3) is 0 Å². The molecule has 0 aliphatic rings. The monoisotopic (exact) mass is 345 g/mol. The van der Waals surface area contributed by atoms with E-state index in [1.165, 1.54) is 11.1 Å². The summed E-state index contributed by atoms with van der Waals surface area (Å²) < 4.78 is 0. The van der Waals surface area contributed by atoms with Crippen LogP contribution in [-0.4, -0.2) is 10.9 Å². The number of benzene rings is 2. The fourth-order valence-corrected chi connectivity index (χ4v) is 2.76. The van der Waals surface area contributed by atoms with Crippen molar-refractivity contribution in [3.63, 3.8) is 0 Å². The first-order valence-electron chi connectivity index (χ1n) is 8.66. The minimum atomic E-state index is -0.210. The van der Waals surface area contributed by atoms with Crippen LogP contribution in [0.5, 0.6) is 0 Å². The first kappa shape index (κ1) is 17.7. The van der Waals surface area contributed by atoms with Gasteiger partial charge in [-0.15, -0.1) is 0 Å². The van der Waals surface area contributed by atoms with Gasteiger partial charge in [0.2, 0.25) is 0 Å². The molecule has 4 nitrogen and oxygen atoms in total. The maximum atomic E-state index is 12.5. The number of carbonyl (C=O) groups is 1. The van der Waals surface area contributed by atoms with Gasteiger partial charge in [0.15, 0.2) is 0 Å². The number of rotatable bonds is 5. The van der Waals surface area contributed by atoms with Crippen molar-refractivity contribution in [3.05, 3.63) is 88.7 Å². The van der Waals surface area contributed by atoms with E-state index < -0.39 is 0 Å². The highest BCUT2D eigenvalue weighted by Crippen LogP contribution is 2.19. The smallest absolute Gasteiger partial charge is 0.274 e. The van der Waals surface area contributed by atoms with E-state index in [2.05, 4.69) is 40.7 Å². The van der Waals surface area contributed by atoms with E-state index in [0.29, 0.717) is 12.2 Å². The van der Waals surface area contributed by atoms with E-state index in [4.69, 9.17) is 0 Å². The van der Waals surface area contributed by atoms with Crippen molar-refractivity contribution in [1.82, 2.24) is 4.98 Å². The molecule has 3 aromatic rings. The van der Waals surface area contributed by atoms with Gasteiger partial charge in [-0.1, -0.05) is 42.0 Å². The third-order valence-electron chi connectivity index (χ3n) is 4.42. The second-order valence-electron chi connectivity index (χ2n) is 6.47. The standard InChI is InChI=1S/C22H23N3O/c1-15-6-4-8-18(12-15)14-24-19-10-11-23-21(13-19)22(26)25-20-9-5-7-16(2)17(20)3/h4-13H,14H2,1-3H3,(H,23,24)(H,25,26). The van der Waals surface area contributed by atoms with E-state index in [1.807, 2.05) is 44.2 Å². The third-order valence-corrected chi connectivity index (χ3v) is 4.42. The van der Waals surface area contributed by atoms with Crippen LogP contribution in [-0.2, 0) is 6.54 Å². The van der Waals surface area contributed by atoms with Crippen LogP contribution in [0.2, 0.25) is 0 Å². The molecular weight excluding hydrogens is 322 g/mol. The zero-order chi connectivity index (χ0) is 18.5. The lowest BCUT2D eigenvalue weighted by molar-refractivity contribution is 0.102. The molecule has 1 amide bonds. The zero-order valence-electron chi connectivity index (χ0n) is 15.3. The Morgan fingerprint density at radius 2 is 1.81 bits per heavy atom. The summed E-state index contributed by atoms with van der Waals surface area (Å²) in [4.78, 5) is 16.8. The summed E-state index contributed by atoms with van der Waals surface area (Å²) >= 11 is 0. The maximum absolute atomic E-state index is 12.5. The van der Waals surface area contributed by atoms with Crippen molar-refractivity contribution in [2.45, 2.75) is 27.3 Å². The minimum absolute atomic E-state index is 0.210. The highest BCUT2D eigenvalue weighted by molar-refractivity contribution is 6.03. The topological polar surface area (TPSA) is 54.0 Å². The first-order chi connectivity index (χ1) is 12.5. The Kier molecular flexibility index (Phi) is 5.32. The molecule has 132 valence electrons. The Bertz CT molecular complexity index is 934. The summed E-state index contributed by atoms with van der Waals surface area (Å²) in [5, 5.41) is 6.29. The molecule has 0 saturated carbocycles. The molecule has 26 heavy (non-hydrogen) atoms. The number of pyridine rings is 1. The van der Waals surface area contributed by atoms with Crippen LogP contribution in [0.3, 0.4) is 0 Å². The van der Waals surface area contributed by atoms with E-state index in [0.717, 1.165) is 22.5 Å². The van der Waals surface area contributed by atoms with E-state index in [-0.39, 0.29) is 5.91 Å². The number of carbonyl (C=O) groups excluding carboxylic acids is 1. The summed E-state index contributed by atoms with van der Waals surface area (Å²) in [6, 6.07) is 17.8. The van der Waals surface area contributed by atoms with Crippen LogP contribution >= 0.6 is 0 Å². The quantitative estimate of drug-likeness (QED) is 0.693. The molecule has 0 bridgehead atoms. The zero-order valence-corrected chi connectivity index (χ0v) is 15.3. The third kappa shape index (κ3) is 4.28. The molecule has 3 rings (SSSR count). The normalized spacial score (nSPS) is 10.4. The molecule has 1 aromatic heterocycles. The molecule has 0 radical (unpaired) electrons. The average molecular weight is 345 g/mol. The van der Waals surface area contributed by atoms with Crippen LogP contribution in [0.1, 0.15) is 32.7 Å². The van der Waals surface area contributed by atoms with Gasteiger partial charge in [0.25, 0.3) is 5.91 Å². The lowest BCUT2D eigenvalue weighted by Gasteiger charge is -2.11. The highest BCUT2D eigenvalue weighted by Gasteiger charge is 2.10. The van der Waals surface area contributed by atoms with Gasteiger partial charge in [-0.3, -0.25) is 9.78 Å². The van der Waals surface area contributed by atoms with Gasteiger partial charge in [0.1, 0.15) is 5.69 Å². The molecule has 0 aliphatic heterocycles. The van der Waals surface area contributed by atoms with E-state index in [1.54, 1.807) is 12.3 Å². The van der Waals surface area contributed by atoms with Crippen molar-refractivity contribution < 1.29 is 4.79 Å². The predicted molar refractivity (Wildman–Crippen MR) is 107 cm³/mol. The minimum Gasteiger partial charge on any atom is -0.381 e. The molecule has 0 fully saturated rings. The van der Waals surface area contributed by atoms with E-state index in [9.17, 15) is 4.79 Å². The summed E-state index contributed by atoms with van der Waals surface area (Å²) in [6.45, 7) is 6.80. The molecule has 0 atom stereocenters. The Balaban J connectivity index is 1.70. The second-order valence-corrected chi connectivity index (χ2v) is 6.47. The van der Waals surface area contributed by atoms with Crippen LogP contribution < -0.4 is 10.6 Å². The van der Waals surface area contributed by atoms with Crippen LogP contribution in [0, 0.1) is 20.8 Å². The molecule has 4 heteroatoms. The van der Waals surface area contributed by atoms with Crippen molar-refractivity contribution in [2.75, 3.05) is 10.6 Å². The molecule has 0 saturated heterocycles. The number of aryl methyl sites for hydroxylation is 2. The van der Waals surface area contributed by atoms with Gasteiger partial charge < -0.3 is 10.6 Å². The van der Waals surface area contributed by atoms with Gasteiger partial charge >= 0.3 is 0 Å². The predicted octanol–water partition coefficient (Wildman–Crippen LogP) is 4.87. The lowest BCUT2D eigenvalue weighted by Crippen LogP contribution is -2.15. The fraction of sp³-hybridized carbons (Fsp3) is 0.182. The van der Waals surface area contributed by atoms with Crippen molar-refractivity contribution in [2.24, 2.45) is 0 Å². The average Bonchev–Trinajstić information content (AvgIpc) is 2.64. The van der Waals surface area contributed by atoms with Gasteiger partial charge in [0, 0.05) is 24.1 Å². The Hall–Kier alpha value is -3.14. The lowest BCUT2D eigenvalue weighted by atomic mass is 10.1. The van der Waals surface area contributed by atoms with Gasteiger partial charge in [-0.2, -0.15) is 0 Å². The molecule has 0 spiro atoms. The number of amides is 1. The summed E-state index contributed by atoms with van der Waals surface area (Å²) in [7, 11) is 0. The summed E-state index contributed by atoms with van der Waals surface area (Å²) in [6.07, 6.45) is 1.65. The summed E-state index contributed by atoms with van der Waals surface area (Å²) in [5.41, 5.74) is 6.71. The molecule has 2 aromatic carbocycles. The van der Waals surface area contributed by atoms with Gasteiger partial charge in [-0.05, 0) is 55.7 Å². The number of hydrogen-bond donors (Lipinski definition) is 2. The first-order valence-corrected chi connectivity index (χ1v) is 8.66. The van der Waals surface area contributed by atoms with Gasteiger partial charge in [0.05, 0.1) is 0 Å². The number of nitrogens with one attached hydrogen (secondary N) is 2. The maximum Gasteiger partial charge on any atom is 0.274 e. The number of hydrogen-bond acceptors (Lipinski definition) is 3. The molecule has 1 heterocycles. The fourth-order valence-electron chi connectivity index (χ4n) is 2.76. The molecular formula is C22H23N3O. The van der Waals surface area contributed by atoms with Crippen molar-refractivity contribution in [3.8, 4) is 0 Å². The highest BCUT2D eigenvalue weighted by atomic mass is 16.1. The van der Waals surface area contributed by atoms with Crippen LogP contribution in [0.15, 0.2) is 60.8 Å². The SMILES string of the molecule is Cc1cccc(CNc2ccnc(C(=O)Nc3cccc(C)c3C)c2)c1. The number of anilines is 2. The van der Waals surface area contributed by atoms with Crippen LogP contribution in [0.4, 0.5) is 11.4 Å². The number of nitrogens with zero attached hydrogens (tertiary/aromatic N) is 1. The molecule has 0 aliphatic carbocycles. The largest absolute Gasteiger partial charge is 0.381 e. The molecule has 0 unspecified atom stereocenters. The summed E-state index contributed by atoms with van der Waals surface area (Å²) in [5.74, 6) is -0.210. The second kappa shape index (κ2) is 7.83. The Morgan fingerprint density at radius 3 is 2.62 bits per heavy atom. The Morgan fingerprint density at radius 1 is 1.00 bits per heavy atom. The van der Waals surface area contributed by atoms with Gasteiger partial charge in [-0.25, -0.2) is 0 Å². The molecule has 2 N–H and O–H groups in total. The van der Waals surface area contributed by atoms with Crippen molar-refractivity contribution in [1.29, 1.82) is 0 Å². The van der Waals surface area contributed by atoms with Crippen molar-refractivity contribution >= 4 is 17.3 Å².